The highest BCUT2D eigenvalue weighted by molar-refractivity contribution is 6.31. The molecule has 16 heavy (non-hydrogen) atoms. The fourth-order valence-electron chi connectivity index (χ4n) is 1.55. The van der Waals surface area contributed by atoms with Crippen molar-refractivity contribution in [2.45, 2.75) is 18.2 Å². The summed E-state index contributed by atoms with van der Waals surface area (Å²) in [5.74, 6) is 0.468. The first-order chi connectivity index (χ1) is 7.66. The largest absolute Gasteiger partial charge is 0.351 e. The number of halogens is 2. The van der Waals surface area contributed by atoms with E-state index in [2.05, 4.69) is 5.32 Å². The number of nitrogens with one attached hydrogen (secondary N) is 1. The van der Waals surface area contributed by atoms with E-state index in [0.29, 0.717) is 23.0 Å². The standard InChI is InChI=1S/C12H13Cl2NO/c13-10-3-1-2-9(6-10)12(16)15-7-11(14)8-4-5-8/h1-3,6,8,11H,4-5,7H2,(H,15,16). The van der Waals surface area contributed by atoms with Crippen molar-refractivity contribution in [2.24, 2.45) is 5.92 Å². The van der Waals surface area contributed by atoms with Gasteiger partial charge in [0.2, 0.25) is 0 Å². The molecule has 1 N–H and O–H groups in total. The van der Waals surface area contributed by atoms with Gasteiger partial charge in [0.05, 0.1) is 5.38 Å². The highest BCUT2D eigenvalue weighted by atomic mass is 35.5. The van der Waals surface area contributed by atoms with Crippen molar-refractivity contribution in [3.05, 3.63) is 34.9 Å². The molecule has 2 rings (SSSR count). The van der Waals surface area contributed by atoms with Crippen LogP contribution in [-0.2, 0) is 0 Å². The van der Waals surface area contributed by atoms with Crippen molar-refractivity contribution >= 4 is 29.1 Å². The molecule has 0 bridgehead atoms. The molecule has 1 amide bonds. The zero-order chi connectivity index (χ0) is 11.5. The van der Waals surface area contributed by atoms with Crippen molar-refractivity contribution in [3.63, 3.8) is 0 Å². The fraction of sp³-hybridized carbons (Fsp3) is 0.417. The van der Waals surface area contributed by atoms with E-state index in [4.69, 9.17) is 23.2 Å². The number of hydrogen-bond donors (Lipinski definition) is 1. The number of hydrogen-bond acceptors (Lipinski definition) is 1. The van der Waals surface area contributed by atoms with Crippen LogP contribution in [0.5, 0.6) is 0 Å². The van der Waals surface area contributed by atoms with Crippen LogP contribution in [0.15, 0.2) is 24.3 Å². The van der Waals surface area contributed by atoms with E-state index >= 15 is 0 Å². The average molecular weight is 258 g/mol. The number of alkyl halides is 1. The Morgan fingerprint density at radius 3 is 2.88 bits per heavy atom. The third-order valence-corrected chi connectivity index (χ3v) is 3.42. The fourth-order valence-corrected chi connectivity index (χ4v) is 2.07. The van der Waals surface area contributed by atoms with Crippen molar-refractivity contribution < 1.29 is 4.79 Å². The summed E-state index contributed by atoms with van der Waals surface area (Å²) in [7, 11) is 0. The third kappa shape index (κ3) is 3.13. The first-order valence-electron chi connectivity index (χ1n) is 5.34. The Morgan fingerprint density at radius 2 is 2.25 bits per heavy atom. The van der Waals surface area contributed by atoms with E-state index in [1.54, 1.807) is 24.3 Å². The summed E-state index contributed by atoms with van der Waals surface area (Å²) >= 11 is 11.9. The quantitative estimate of drug-likeness (QED) is 0.826. The molecule has 1 aromatic rings. The maximum Gasteiger partial charge on any atom is 0.251 e. The Kier molecular flexibility index (Phi) is 3.72. The molecule has 1 unspecified atom stereocenters. The smallest absolute Gasteiger partial charge is 0.251 e. The summed E-state index contributed by atoms with van der Waals surface area (Å²) < 4.78 is 0. The Hall–Kier alpha value is -0.730. The Bertz CT molecular complexity index is 390. The minimum Gasteiger partial charge on any atom is -0.351 e. The molecule has 0 aromatic heterocycles. The van der Waals surface area contributed by atoms with Gasteiger partial charge in [-0.1, -0.05) is 17.7 Å². The molecule has 1 aromatic carbocycles. The van der Waals surface area contributed by atoms with Gasteiger partial charge in [0.15, 0.2) is 0 Å². The van der Waals surface area contributed by atoms with Crippen LogP contribution in [0.1, 0.15) is 23.2 Å². The van der Waals surface area contributed by atoms with Gasteiger partial charge in [0.25, 0.3) is 5.91 Å². The lowest BCUT2D eigenvalue weighted by Gasteiger charge is -2.09. The van der Waals surface area contributed by atoms with Crippen LogP contribution in [0, 0.1) is 5.92 Å². The van der Waals surface area contributed by atoms with Crippen LogP contribution in [0.3, 0.4) is 0 Å². The molecular formula is C12H13Cl2NO. The van der Waals surface area contributed by atoms with Crippen LogP contribution >= 0.6 is 23.2 Å². The topological polar surface area (TPSA) is 29.1 Å². The minimum absolute atomic E-state index is 0.0585. The minimum atomic E-state index is -0.117. The lowest BCUT2D eigenvalue weighted by atomic mass is 10.2. The maximum atomic E-state index is 11.7. The third-order valence-electron chi connectivity index (χ3n) is 2.68. The summed E-state index contributed by atoms with van der Waals surface area (Å²) in [4.78, 5) is 11.7. The SMILES string of the molecule is O=C(NCC(Cl)C1CC1)c1cccc(Cl)c1. The molecular weight excluding hydrogens is 245 g/mol. The summed E-state index contributed by atoms with van der Waals surface area (Å²) in [5.41, 5.74) is 0.576. The molecule has 1 aliphatic carbocycles. The Balaban J connectivity index is 1.87. The zero-order valence-corrected chi connectivity index (χ0v) is 10.3. The predicted molar refractivity (Wildman–Crippen MR) is 66.2 cm³/mol. The number of rotatable bonds is 4. The Labute approximate surface area is 105 Å². The van der Waals surface area contributed by atoms with Crippen LogP contribution in [0.2, 0.25) is 5.02 Å². The van der Waals surface area contributed by atoms with Crippen LogP contribution < -0.4 is 5.32 Å². The predicted octanol–water partition coefficient (Wildman–Crippen LogP) is 3.09. The molecule has 0 radical (unpaired) electrons. The number of amides is 1. The average Bonchev–Trinajstić information content (AvgIpc) is 3.09. The van der Waals surface area contributed by atoms with Gasteiger partial charge in [-0.15, -0.1) is 11.6 Å². The normalized spacial score (nSPS) is 16.9. The van der Waals surface area contributed by atoms with E-state index < -0.39 is 0 Å². The van der Waals surface area contributed by atoms with E-state index in [9.17, 15) is 4.79 Å². The molecule has 1 fully saturated rings. The molecule has 0 aliphatic heterocycles. The lowest BCUT2D eigenvalue weighted by Crippen LogP contribution is -2.30. The highest BCUT2D eigenvalue weighted by Gasteiger charge is 2.29. The van der Waals surface area contributed by atoms with Crippen molar-refractivity contribution in [1.29, 1.82) is 0 Å². The molecule has 1 saturated carbocycles. The summed E-state index contributed by atoms with van der Waals surface area (Å²) in [6.45, 7) is 0.525. The summed E-state index contributed by atoms with van der Waals surface area (Å²) in [5, 5.41) is 3.44. The molecule has 2 nitrogen and oxygen atoms in total. The molecule has 1 atom stereocenters. The molecule has 0 spiro atoms. The monoisotopic (exact) mass is 257 g/mol. The first kappa shape index (κ1) is 11.7. The zero-order valence-electron chi connectivity index (χ0n) is 8.75. The number of benzene rings is 1. The second-order valence-electron chi connectivity index (χ2n) is 4.07. The maximum absolute atomic E-state index is 11.7. The molecule has 1 aliphatic rings. The number of carbonyl (C=O) groups is 1. The van der Waals surface area contributed by atoms with Gasteiger partial charge in [-0.05, 0) is 37.0 Å². The van der Waals surface area contributed by atoms with Gasteiger partial charge in [-0.3, -0.25) is 4.79 Å². The van der Waals surface area contributed by atoms with E-state index in [1.165, 1.54) is 12.8 Å². The number of carbonyl (C=O) groups excluding carboxylic acids is 1. The second-order valence-corrected chi connectivity index (χ2v) is 5.07. The molecule has 4 heteroatoms. The summed E-state index contributed by atoms with van der Waals surface area (Å²) in [6, 6.07) is 6.89. The van der Waals surface area contributed by atoms with Gasteiger partial charge in [-0.2, -0.15) is 0 Å². The van der Waals surface area contributed by atoms with Crippen LogP contribution in [0.25, 0.3) is 0 Å². The van der Waals surface area contributed by atoms with E-state index in [-0.39, 0.29) is 11.3 Å². The van der Waals surface area contributed by atoms with Crippen LogP contribution in [-0.4, -0.2) is 17.8 Å². The second kappa shape index (κ2) is 5.07. The summed E-state index contributed by atoms with van der Waals surface area (Å²) in [6.07, 6.45) is 2.36. The van der Waals surface area contributed by atoms with Gasteiger partial charge in [0, 0.05) is 17.1 Å². The van der Waals surface area contributed by atoms with Crippen LogP contribution in [0.4, 0.5) is 0 Å². The van der Waals surface area contributed by atoms with Gasteiger partial charge in [-0.25, -0.2) is 0 Å². The molecule has 86 valence electrons. The van der Waals surface area contributed by atoms with E-state index in [1.807, 2.05) is 0 Å². The molecule has 0 heterocycles. The van der Waals surface area contributed by atoms with Gasteiger partial charge in [0.1, 0.15) is 0 Å². The van der Waals surface area contributed by atoms with E-state index in [0.717, 1.165) is 0 Å². The molecule has 0 saturated heterocycles. The van der Waals surface area contributed by atoms with Crippen molar-refractivity contribution in [3.8, 4) is 0 Å². The first-order valence-corrected chi connectivity index (χ1v) is 6.16. The van der Waals surface area contributed by atoms with Gasteiger partial charge < -0.3 is 5.32 Å². The Morgan fingerprint density at radius 1 is 1.50 bits per heavy atom. The van der Waals surface area contributed by atoms with Crippen molar-refractivity contribution in [2.75, 3.05) is 6.54 Å². The lowest BCUT2D eigenvalue weighted by molar-refractivity contribution is 0.0953. The van der Waals surface area contributed by atoms with Gasteiger partial charge >= 0.3 is 0 Å². The van der Waals surface area contributed by atoms with Crippen molar-refractivity contribution in [1.82, 2.24) is 5.32 Å². The highest BCUT2D eigenvalue weighted by Crippen LogP contribution is 2.35.